The van der Waals surface area contributed by atoms with Crippen molar-refractivity contribution < 1.29 is 0 Å². The molecule has 1 fully saturated rings. The monoisotopic (exact) mass is 157 g/mol. The minimum atomic E-state index is 0.825. The van der Waals surface area contributed by atoms with Gasteiger partial charge in [0.25, 0.3) is 0 Å². The maximum atomic E-state index is 4.47. The highest BCUT2D eigenvalue weighted by molar-refractivity contribution is 7.89. The third-order valence-corrected chi connectivity index (χ3v) is 4.33. The van der Waals surface area contributed by atoms with Gasteiger partial charge in [-0.25, -0.2) is 4.75 Å². The predicted octanol–water partition coefficient (Wildman–Crippen LogP) is 2.88. The summed E-state index contributed by atoms with van der Waals surface area (Å²) in [4.78, 5) is 0. The van der Waals surface area contributed by atoms with Crippen molar-refractivity contribution in [2.45, 2.75) is 25.7 Å². The lowest BCUT2D eigenvalue weighted by Crippen LogP contribution is -1.78. The zero-order valence-electron chi connectivity index (χ0n) is 5.39. The van der Waals surface area contributed by atoms with Crippen LogP contribution in [0.3, 0.4) is 0 Å². The van der Waals surface area contributed by atoms with Crippen molar-refractivity contribution in [2.24, 2.45) is 0 Å². The fourth-order valence-electron chi connectivity index (χ4n) is 1.04. The number of aromatic nitrogens is 1. The van der Waals surface area contributed by atoms with E-state index in [2.05, 4.69) is 11.7 Å². The molecule has 0 bridgehead atoms. The molecule has 0 N–H and O–H groups in total. The molecule has 0 saturated heterocycles. The molecule has 1 aromatic rings. The van der Waals surface area contributed by atoms with Crippen molar-refractivity contribution in [3.8, 4) is 0 Å². The van der Waals surface area contributed by atoms with Gasteiger partial charge < -0.3 is 0 Å². The Labute approximate surface area is 58.0 Å². The normalized spacial score (nSPS) is 20.1. The lowest BCUT2D eigenvalue weighted by Gasteiger charge is -1.88. The number of hydrogen-bond donors (Lipinski definition) is 0. The van der Waals surface area contributed by atoms with Crippen molar-refractivity contribution in [1.29, 1.82) is 0 Å². The molecule has 1 unspecified atom stereocenters. The van der Waals surface area contributed by atoms with Crippen LogP contribution in [0.15, 0.2) is 0 Å². The number of rotatable bonds is 1. The van der Waals surface area contributed by atoms with Crippen LogP contribution in [0, 0.1) is 6.92 Å². The van der Waals surface area contributed by atoms with E-state index in [0.717, 1.165) is 13.9 Å². The second-order valence-corrected chi connectivity index (χ2v) is 5.16. The molecule has 0 amide bonds. The van der Waals surface area contributed by atoms with Crippen LogP contribution in [0.4, 0.5) is 0 Å². The van der Waals surface area contributed by atoms with Gasteiger partial charge in [-0.1, -0.05) is 0 Å². The maximum Gasteiger partial charge on any atom is 0.0554 e. The lowest BCUT2D eigenvalue weighted by atomic mass is 10.3. The molecule has 1 aromatic heterocycles. The van der Waals surface area contributed by atoms with Crippen molar-refractivity contribution in [3.05, 3.63) is 11.0 Å². The van der Waals surface area contributed by atoms with Crippen LogP contribution < -0.4 is 0 Å². The molecule has 1 aliphatic rings. The SMILES string of the molecule is Cc1p[pH]nc1C1CC1. The van der Waals surface area contributed by atoms with Gasteiger partial charge in [-0.3, -0.25) is 0 Å². The Morgan fingerprint density at radius 1 is 1.67 bits per heavy atom. The first-order valence-corrected chi connectivity index (χ1v) is 5.93. The van der Waals surface area contributed by atoms with Crippen molar-refractivity contribution in [2.75, 3.05) is 0 Å². The minimum absolute atomic E-state index is 0.825. The fourth-order valence-corrected chi connectivity index (χ4v) is 3.40. The van der Waals surface area contributed by atoms with Gasteiger partial charge in [0, 0.05) is 11.2 Å². The van der Waals surface area contributed by atoms with E-state index in [9.17, 15) is 0 Å². The van der Waals surface area contributed by atoms with E-state index in [1.807, 2.05) is 0 Å². The highest BCUT2D eigenvalue weighted by Gasteiger charge is 2.26. The Morgan fingerprint density at radius 3 is 2.89 bits per heavy atom. The van der Waals surface area contributed by atoms with Crippen LogP contribution in [0.5, 0.6) is 0 Å². The standard InChI is InChI=1S/C6H9NP2/c1-4-6(5-2-3-5)7-9-8-4/h5,9H,2-3H2,1H3. The Hall–Kier alpha value is 0.140. The molecular formula is C6H9NP2. The summed E-state index contributed by atoms with van der Waals surface area (Å²) in [5.74, 6) is 0.882. The second kappa shape index (κ2) is 2.08. The first-order valence-electron chi connectivity index (χ1n) is 3.25. The van der Waals surface area contributed by atoms with Crippen LogP contribution in [-0.2, 0) is 0 Å². The zero-order valence-corrected chi connectivity index (χ0v) is 7.28. The van der Waals surface area contributed by atoms with Crippen LogP contribution in [0.25, 0.3) is 0 Å². The molecule has 0 spiro atoms. The summed E-state index contributed by atoms with van der Waals surface area (Å²) in [5, 5.41) is 1.54. The summed E-state index contributed by atoms with van der Waals surface area (Å²) in [6.45, 7) is 2.22. The molecule has 0 aromatic carbocycles. The summed E-state index contributed by atoms with van der Waals surface area (Å²) in [6.07, 6.45) is 2.80. The van der Waals surface area contributed by atoms with E-state index in [4.69, 9.17) is 0 Å². The maximum absolute atomic E-state index is 4.47. The van der Waals surface area contributed by atoms with Crippen LogP contribution >= 0.6 is 15.9 Å². The smallest absolute Gasteiger partial charge is 0.0554 e. The highest BCUT2D eigenvalue weighted by Crippen LogP contribution is 2.44. The fraction of sp³-hybridized carbons (Fsp3) is 0.667. The molecule has 9 heavy (non-hydrogen) atoms. The Bertz CT molecular complexity index is 215. The second-order valence-electron chi connectivity index (χ2n) is 2.57. The Kier molecular flexibility index (Phi) is 1.36. The van der Waals surface area contributed by atoms with Gasteiger partial charge in [-0.15, -0.1) is 0 Å². The average Bonchev–Trinajstić information content (AvgIpc) is 2.58. The summed E-state index contributed by atoms with van der Waals surface area (Å²) < 4.78 is 4.47. The van der Waals surface area contributed by atoms with Crippen molar-refractivity contribution in [3.63, 3.8) is 0 Å². The molecule has 3 heteroatoms. The third-order valence-electron chi connectivity index (χ3n) is 1.72. The molecular weight excluding hydrogens is 148 g/mol. The van der Waals surface area contributed by atoms with Gasteiger partial charge in [0.2, 0.25) is 0 Å². The molecule has 1 atom stereocenters. The van der Waals surface area contributed by atoms with E-state index in [1.54, 1.807) is 0 Å². The number of hydrogen-bond acceptors (Lipinski definition) is 1. The van der Waals surface area contributed by atoms with E-state index in [-0.39, 0.29) is 0 Å². The van der Waals surface area contributed by atoms with Gasteiger partial charge in [0.1, 0.15) is 0 Å². The largest absolute Gasteiger partial charge is 0.240 e. The van der Waals surface area contributed by atoms with Gasteiger partial charge in [0.05, 0.1) is 5.69 Å². The van der Waals surface area contributed by atoms with Crippen LogP contribution in [-0.4, -0.2) is 4.75 Å². The van der Waals surface area contributed by atoms with E-state index >= 15 is 0 Å². The molecule has 0 aliphatic heterocycles. The quantitative estimate of drug-likeness (QED) is 0.610. The van der Waals surface area contributed by atoms with Gasteiger partial charge >= 0.3 is 0 Å². The topological polar surface area (TPSA) is 12.9 Å². The van der Waals surface area contributed by atoms with Gasteiger partial charge in [-0.2, -0.15) is 0 Å². The summed E-state index contributed by atoms with van der Waals surface area (Å²) in [7, 11) is 2.30. The van der Waals surface area contributed by atoms with E-state index < -0.39 is 0 Å². The first kappa shape index (κ1) is 5.89. The van der Waals surface area contributed by atoms with Crippen molar-refractivity contribution in [1.82, 2.24) is 4.75 Å². The van der Waals surface area contributed by atoms with Gasteiger partial charge in [-0.05, 0) is 35.7 Å². The van der Waals surface area contributed by atoms with Crippen molar-refractivity contribution >= 4 is 15.9 Å². The van der Waals surface area contributed by atoms with E-state index in [0.29, 0.717) is 0 Å². The van der Waals surface area contributed by atoms with Crippen LogP contribution in [0.1, 0.15) is 29.7 Å². The summed E-state index contributed by atoms with van der Waals surface area (Å²) in [6, 6.07) is 0. The highest BCUT2D eigenvalue weighted by atomic mass is 31.8. The molecule has 2 rings (SSSR count). The molecule has 1 aliphatic carbocycles. The summed E-state index contributed by atoms with van der Waals surface area (Å²) in [5.41, 5.74) is 1.45. The zero-order chi connectivity index (χ0) is 6.27. The molecule has 1 saturated carbocycles. The predicted molar refractivity (Wildman–Crippen MR) is 43.0 cm³/mol. The third kappa shape index (κ3) is 1.04. The summed E-state index contributed by atoms with van der Waals surface area (Å²) >= 11 is 0. The van der Waals surface area contributed by atoms with Gasteiger partial charge in [0.15, 0.2) is 0 Å². The molecule has 48 valence electrons. The Balaban J connectivity index is 2.35. The molecule has 1 nitrogen and oxygen atoms in total. The lowest BCUT2D eigenvalue weighted by molar-refractivity contribution is 1.06. The Morgan fingerprint density at radius 2 is 2.44 bits per heavy atom. The minimum Gasteiger partial charge on any atom is -0.240 e. The number of nitrogens with zero attached hydrogens (tertiary/aromatic N) is 1. The average molecular weight is 157 g/mol. The van der Waals surface area contributed by atoms with E-state index in [1.165, 1.54) is 31.7 Å². The van der Waals surface area contributed by atoms with Crippen LogP contribution in [0.2, 0.25) is 0 Å². The first-order chi connectivity index (χ1) is 4.38. The molecule has 0 radical (unpaired) electrons. The number of aryl methyl sites for hydroxylation is 1. The molecule has 1 heterocycles.